The van der Waals surface area contributed by atoms with Crippen LogP contribution < -0.4 is 11.1 Å². The van der Waals surface area contributed by atoms with E-state index in [-0.39, 0.29) is 17.1 Å². The lowest BCUT2D eigenvalue weighted by Gasteiger charge is -2.42. The fourth-order valence-corrected chi connectivity index (χ4v) is 2.40. The summed E-state index contributed by atoms with van der Waals surface area (Å²) in [5, 5.41) is 2.72. The number of hydrogen-bond acceptors (Lipinski definition) is 4. The van der Waals surface area contributed by atoms with Gasteiger partial charge in [-0.05, 0) is 32.0 Å². The van der Waals surface area contributed by atoms with Crippen molar-refractivity contribution >= 4 is 17.3 Å². The van der Waals surface area contributed by atoms with E-state index in [1.807, 2.05) is 0 Å². The minimum atomic E-state index is -0.416. The minimum absolute atomic E-state index is 0.0621. The highest BCUT2D eigenvalue weighted by atomic mass is 19.1. The molecular weight excluding hydrogens is 273 g/mol. The molecule has 6 heteroatoms. The van der Waals surface area contributed by atoms with Crippen molar-refractivity contribution in [1.29, 1.82) is 0 Å². The van der Waals surface area contributed by atoms with Gasteiger partial charge in [0.2, 0.25) is 5.91 Å². The van der Waals surface area contributed by atoms with E-state index >= 15 is 0 Å². The highest BCUT2D eigenvalue weighted by Gasteiger charge is 2.30. The number of rotatable bonds is 4. The maximum Gasteiger partial charge on any atom is 0.225 e. The van der Waals surface area contributed by atoms with Crippen molar-refractivity contribution < 1.29 is 13.9 Å². The smallest absolute Gasteiger partial charge is 0.225 e. The summed E-state index contributed by atoms with van der Waals surface area (Å²) in [7, 11) is 0. The first-order valence-corrected chi connectivity index (χ1v) is 7.06. The summed E-state index contributed by atoms with van der Waals surface area (Å²) >= 11 is 0. The van der Waals surface area contributed by atoms with Crippen LogP contribution in [-0.2, 0) is 9.53 Å². The Balaban J connectivity index is 1.87. The molecule has 0 unspecified atom stereocenters. The predicted octanol–water partition coefficient (Wildman–Crippen LogP) is 1.85. The maximum atomic E-state index is 13.0. The second-order valence-electron chi connectivity index (χ2n) is 5.88. The Morgan fingerprint density at radius 3 is 2.95 bits per heavy atom. The van der Waals surface area contributed by atoms with Crippen LogP contribution in [-0.4, -0.2) is 42.6 Å². The molecule has 0 aliphatic carbocycles. The van der Waals surface area contributed by atoms with Crippen LogP contribution in [0.5, 0.6) is 0 Å². The number of amides is 1. The van der Waals surface area contributed by atoms with E-state index in [4.69, 9.17) is 10.5 Å². The highest BCUT2D eigenvalue weighted by molar-refractivity contribution is 5.93. The van der Waals surface area contributed by atoms with Crippen molar-refractivity contribution in [3.8, 4) is 0 Å². The molecule has 116 valence electrons. The predicted molar refractivity (Wildman–Crippen MR) is 80.5 cm³/mol. The van der Waals surface area contributed by atoms with Gasteiger partial charge in [0.1, 0.15) is 5.82 Å². The van der Waals surface area contributed by atoms with Crippen LogP contribution in [0.1, 0.15) is 20.3 Å². The second-order valence-corrected chi connectivity index (χ2v) is 5.88. The van der Waals surface area contributed by atoms with E-state index in [2.05, 4.69) is 24.1 Å². The van der Waals surface area contributed by atoms with Crippen molar-refractivity contribution in [2.75, 3.05) is 37.4 Å². The molecule has 0 aromatic heterocycles. The largest absolute Gasteiger partial charge is 0.397 e. The standard InChI is InChI=1S/C15H22FN3O2/c1-15(2)10-21-8-7-19(15)6-5-14(20)18-13-4-3-11(16)9-12(13)17/h3-4,9H,5-8,10,17H2,1-2H3,(H,18,20). The molecule has 1 heterocycles. The van der Waals surface area contributed by atoms with Crippen LogP contribution in [0.4, 0.5) is 15.8 Å². The number of hydrogen-bond donors (Lipinski definition) is 2. The van der Waals surface area contributed by atoms with Gasteiger partial charge in [0.25, 0.3) is 0 Å². The molecule has 0 bridgehead atoms. The minimum Gasteiger partial charge on any atom is -0.397 e. The molecule has 1 aliphatic rings. The molecule has 0 spiro atoms. The van der Waals surface area contributed by atoms with E-state index < -0.39 is 5.82 Å². The van der Waals surface area contributed by atoms with Gasteiger partial charge in [0.05, 0.1) is 24.6 Å². The summed E-state index contributed by atoms with van der Waals surface area (Å²) < 4.78 is 18.4. The third-order valence-corrected chi connectivity index (χ3v) is 3.71. The lowest BCUT2D eigenvalue weighted by atomic mass is 10.0. The topological polar surface area (TPSA) is 67.6 Å². The Kier molecular flexibility index (Phi) is 4.80. The van der Waals surface area contributed by atoms with Crippen molar-refractivity contribution in [3.05, 3.63) is 24.0 Å². The molecule has 0 radical (unpaired) electrons. The SMILES string of the molecule is CC1(C)COCCN1CCC(=O)Nc1ccc(F)cc1N. The molecule has 1 aromatic rings. The van der Waals surface area contributed by atoms with E-state index in [1.54, 1.807) is 0 Å². The van der Waals surface area contributed by atoms with Crippen molar-refractivity contribution in [2.45, 2.75) is 25.8 Å². The summed E-state index contributed by atoms with van der Waals surface area (Å²) in [6.45, 7) is 7.03. The first kappa shape index (κ1) is 15.7. The third kappa shape index (κ3) is 4.15. The van der Waals surface area contributed by atoms with Crippen LogP contribution in [0.2, 0.25) is 0 Å². The van der Waals surface area contributed by atoms with Gasteiger partial charge in [-0.2, -0.15) is 0 Å². The number of anilines is 2. The van der Waals surface area contributed by atoms with Gasteiger partial charge in [0.15, 0.2) is 0 Å². The third-order valence-electron chi connectivity index (χ3n) is 3.71. The molecule has 21 heavy (non-hydrogen) atoms. The van der Waals surface area contributed by atoms with Crippen molar-refractivity contribution in [3.63, 3.8) is 0 Å². The molecule has 1 amide bonds. The van der Waals surface area contributed by atoms with Gasteiger partial charge >= 0.3 is 0 Å². The van der Waals surface area contributed by atoms with Gasteiger partial charge in [-0.3, -0.25) is 9.69 Å². The average molecular weight is 295 g/mol. The van der Waals surface area contributed by atoms with Gasteiger partial charge < -0.3 is 15.8 Å². The van der Waals surface area contributed by atoms with Gasteiger partial charge in [-0.25, -0.2) is 4.39 Å². The summed E-state index contributed by atoms with van der Waals surface area (Å²) in [4.78, 5) is 14.2. The lowest BCUT2D eigenvalue weighted by Crippen LogP contribution is -2.53. The van der Waals surface area contributed by atoms with E-state index in [1.165, 1.54) is 18.2 Å². The Morgan fingerprint density at radius 1 is 1.52 bits per heavy atom. The van der Waals surface area contributed by atoms with Crippen molar-refractivity contribution in [2.24, 2.45) is 0 Å². The van der Waals surface area contributed by atoms with E-state index in [0.29, 0.717) is 31.9 Å². The second kappa shape index (κ2) is 6.41. The number of carbonyl (C=O) groups excluding carboxylic acids is 1. The first-order valence-electron chi connectivity index (χ1n) is 7.06. The molecule has 1 saturated heterocycles. The number of carbonyl (C=O) groups is 1. The molecule has 1 aromatic carbocycles. The molecular formula is C15H22FN3O2. The summed E-state index contributed by atoms with van der Waals surface area (Å²) in [5.41, 5.74) is 6.29. The molecule has 1 fully saturated rings. The van der Waals surface area contributed by atoms with Crippen LogP contribution in [0.25, 0.3) is 0 Å². The van der Waals surface area contributed by atoms with Crippen LogP contribution in [0.3, 0.4) is 0 Å². The molecule has 1 aliphatic heterocycles. The van der Waals surface area contributed by atoms with Crippen LogP contribution in [0.15, 0.2) is 18.2 Å². The van der Waals surface area contributed by atoms with Gasteiger partial charge in [-0.15, -0.1) is 0 Å². The number of halogens is 1. The fourth-order valence-electron chi connectivity index (χ4n) is 2.40. The van der Waals surface area contributed by atoms with E-state index in [0.717, 1.165) is 6.54 Å². The first-order chi connectivity index (χ1) is 9.88. The van der Waals surface area contributed by atoms with Gasteiger partial charge in [0, 0.05) is 25.0 Å². The van der Waals surface area contributed by atoms with Gasteiger partial charge in [-0.1, -0.05) is 0 Å². The van der Waals surface area contributed by atoms with Crippen LogP contribution in [0, 0.1) is 5.82 Å². The van der Waals surface area contributed by atoms with Crippen molar-refractivity contribution in [1.82, 2.24) is 4.90 Å². The van der Waals surface area contributed by atoms with Crippen LogP contribution >= 0.6 is 0 Å². The summed E-state index contributed by atoms with van der Waals surface area (Å²) in [6.07, 6.45) is 0.361. The lowest BCUT2D eigenvalue weighted by molar-refractivity contribution is -0.117. The zero-order chi connectivity index (χ0) is 15.5. The van der Waals surface area contributed by atoms with E-state index in [9.17, 15) is 9.18 Å². The quantitative estimate of drug-likeness (QED) is 0.832. The highest BCUT2D eigenvalue weighted by Crippen LogP contribution is 2.21. The number of morpholine rings is 1. The normalized spacial score (nSPS) is 18.4. The maximum absolute atomic E-state index is 13.0. The number of nitrogen functional groups attached to an aromatic ring is 1. The number of ether oxygens (including phenoxy) is 1. The zero-order valence-electron chi connectivity index (χ0n) is 12.5. The number of benzene rings is 1. The Morgan fingerprint density at radius 2 is 2.29 bits per heavy atom. The number of nitrogens with zero attached hydrogens (tertiary/aromatic N) is 1. The Bertz CT molecular complexity index is 520. The summed E-state index contributed by atoms with van der Waals surface area (Å²) in [5.74, 6) is -0.545. The average Bonchev–Trinajstić information content (AvgIpc) is 2.40. The monoisotopic (exact) mass is 295 g/mol. The molecule has 3 N–H and O–H groups in total. The molecule has 0 atom stereocenters. The molecule has 5 nitrogen and oxygen atoms in total. The summed E-state index contributed by atoms with van der Waals surface area (Å²) in [6, 6.07) is 3.94. The fraction of sp³-hybridized carbons (Fsp3) is 0.533. The molecule has 0 saturated carbocycles. The Labute approximate surface area is 124 Å². The number of nitrogens with one attached hydrogen (secondary N) is 1. The zero-order valence-corrected chi connectivity index (χ0v) is 12.5. The number of nitrogens with two attached hydrogens (primary N) is 1. The Hall–Kier alpha value is -1.66. The molecule has 2 rings (SSSR count).